The summed E-state index contributed by atoms with van der Waals surface area (Å²) in [5, 5.41) is 2.55. The molecule has 0 fully saturated rings. The maximum absolute atomic E-state index is 13.5. The summed E-state index contributed by atoms with van der Waals surface area (Å²) in [6.07, 6.45) is 0.161. The number of carbonyl (C=O) groups excluding carboxylic acids is 1. The molecule has 21 heavy (non-hydrogen) atoms. The second-order valence-electron chi connectivity index (χ2n) is 4.99. The summed E-state index contributed by atoms with van der Waals surface area (Å²) in [6, 6.07) is 13.2. The number of halogens is 1. The highest BCUT2D eigenvalue weighted by atomic mass is 19.1. The number of hydrogen-bond donors (Lipinski definition) is 1. The van der Waals surface area contributed by atoms with Crippen LogP contribution in [-0.2, 0) is 11.3 Å². The highest BCUT2D eigenvalue weighted by molar-refractivity contribution is 6.04. The average molecular weight is 287 g/mol. The van der Waals surface area contributed by atoms with Gasteiger partial charge in [-0.15, -0.1) is 0 Å². The van der Waals surface area contributed by atoms with Gasteiger partial charge in [-0.3, -0.25) is 4.79 Å². The molecule has 0 saturated carbocycles. The van der Waals surface area contributed by atoms with Crippen LogP contribution in [0.2, 0.25) is 0 Å². The second kappa shape index (κ2) is 6.99. The fourth-order valence-electron chi connectivity index (χ4n) is 1.77. The Morgan fingerprint density at radius 3 is 2.43 bits per heavy atom. The molecular weight excluding hydrogens is 269 g/mol. The largest absolute Gasteiger partial charge is 0.374 e. The Balaban J connectivity index is 2.01. The van der Waals surface area contributed by atoms with Crippen molar-refractivity contribution in [3.63, 3.8) is 0 Å². The number of anilines is 1. The number of nitrogens with one attached hydrogen (secondary N) is 1. The molecule has 0 spiro atoms. The molecular formula is C17H18FNO2. The van der Waals surface area contributed by atoms with Crippen LogP contribution < -0.4 is 5.32 Å². The topological polar surface area (TPSA) is 38.3 Å². The Morgan fingerprint density at radius 2 is 1.81 bits per heavy atom. The quantitative estimate of drug-likeness (QED) is 0.902. The van der Waals surface area contributed by atoms with Gasteiger partial charge in [-0.1, -0.05) is 24.3 Å². The summed E-state index contributed by atoms with van der Waals surface area (Å²) < 4.78 is 19.0. The first-order valence-electron chi connectivity index (χ1n) is 6.82. The minimum absolute atomic E-state index is 0.161. The highest BCUT2D eigenvalue weighted by Crippen LogP contribution is 2.14. The third kappa shape index (κ3) is 4.39. The molecule has 0 aliphatic rings. The van der Waals surface area contributed by atoms with Gasteiger partial charge >= 0.3 is 0 Å². The van der Waals surface area contributed by atoms with E-state index in [9.17, 15) is 9.18 Å². The van der Waals surface area contributed by atoms with Crippen LogP contribution in [0.1, 0.15) is 29.8 Å². The van der Waals surface area contributed by atoms with Crippen molar-refractivity contribution in [3.05, 3.63) is 65.5 Å². The van der Waals surface area contributed by atoms with Gasteiger partial charge in [0.1, 0.15) is 5.82 Å². The van der Waals surface area contributed by atoms with Crippen molar-refractivity contribution >= 4 is 11.6 Å². The van der Waals surface area contributed by atoms with Crippen molar-refractivity contribution in [1.82, 2.24) is 0 Å². The second-order valence-corrected chi connectivity index (χ2v) is 4.99. The van der Waals surface area contributed by atoms with Crippen LogP contribution in [0, 0.1) is 5.82 Å². The van der Waals surface area contributed by atoms with Gasteiger partial charge in [-0.05, 0) is 43.7 Å². The monoisotopic (exact) mass is 287 g/mol. The van der Waals surface area contributed by atoms with E-state index >= 15 is 0 Å². The minimum Gasteiger partial charge on any atom is -0.374 e. The Kier molecular flexibility index (Phi) is 5.06. The molecule has 2 aromatic rings. The Hall–Kier alpha value is -2.20. The van der Waals surface area contributed by atoms with Crippen molar-refractivity contribution in [2.24, 2.45) is 0 Å². The van der Waals surface area contributed by atoms with Crippen molar-refractivity contribution < 1.29 is 13.9 Å². The highest BCUT2D eigenvalue weighted by Gasteiger charge is 2.08. The van der Waals surface area contributed by atoms with Gasteiger partial charge in [0.05, 0.1) is 18.4 Å². The normalized spacial score (nSPS) is 10.7. The van der Waals surface area contributed by atoms with Gasteiger partial charge in [-0.25, -0.2) is 4.39 Å². The maximum Gasteiger partial charge on any atom is 0.255 e. The zero-order chi connectivity index (χ0) is 15.2. The number of rotatable bonds is 5. The third-order valence-corrected chi connectivity index (χ3v) is 2.92. The average Bonchev–Trinajstić information content (AvgIpc) is 2.48. The Bertz CT molecular complexity index is 608. The van der Waals surface area contributed by atoms with Gasteiger partial charge in [0.15, 0.2) is 0 Å². The maximum atomic E-state index is 13.5. The summed E-state index contributed by atoms with van der Waals surface area (Å²) in [7, 11) is 0. The van der Waals surface area contributed by atoms with Gasteiger partial charge < -0.3 is 10.1 Å². The van der Waals surface area contributed by atoms with E-state index in [1.165, 1.54) is 12.1 Å². The standard InChI is InChI=1S/C17H18FNO2/c1-12(2)21-11-13-7-9-14(10-8-13)17(20)19-16-6-4-3-5-15(16)18/h3-10,12H,11H2,1-2H3,(H,19,20). The first-order valence-corrected chi connectivity index (χ1v) is 6.82. The number of benzene rings is 2. The molecule has 2 aromatic carbocycles. The first-order chi connectivity index (χ1) is 10.1. The van der Waals surface area contributed by atoms with E-state index in [0.717, 1.165) is 5.56 Å². The van der Waals surface area contributed by atoms with Crippen LogP contribution >= 0.6 is 0 Å². The lowest BCUT2D eigenvalue weighted by Crippen LogP contribution is -2.13. The molecule has 0 aliphatic heterocycles. The predicted molar refractivity (Wildman–Crippen MR) is 80.7 cm³/mol. The van der Waals surface area contributed by atoms with Crippen LogP contribution in [-0.4, -0.2) is 12.0 Å². The van der Waals surface area contributed by atoms with E-state index in [1.54, 1.807) is 24.3 Å². The van der Waals surface area contributed by atoms with Crippen molar-refractivity contribution in [2.45, 2.75) is 26.6 Å². The SMILES string of the molecule is CC(C)OCc1ccc(C(=O)Nc2ccccc2F)cc1. The van der Waals surface area contributed by atoms with Crippen LogP contribution in [0.5, 0.6) is 0 Å². The molecule has 0 aromatic heterocycles. The van der Waals surface area contributed by atoms with Gasteiger partial charge in [-0.2, -0.15) is 0 Å². The molecule has 110 valence electrons. The summed E-state index contributed by atoms with van der Waals surface area (Å²) in [4.78, 5) is 12.0. The third-order valence-electron chi connectivity index (χ3n) is 2.92. The molecule has 4 heteroatoms. The van der Waals surface area contributed by atoms with Crippen LogP contribution in [0.3, 0.4) is 0 Å². The molecule has 0 bridgehead atoms. The van der Waals surface area contributed by atoms with E-state index in [-0.39, 0.29) is 17.7 Å². The molecule has 1 amide bonds. The van der Waals surface area contributed by atoms with Crippen LogP contribution in [0.15, 0.2) is 48.5 Å². The summed E-state index contributed by atoms with van der Waals surface area (Å²) >= 11 is 0. The lowest BCUT2D eigenvalue weighted by atomic mass is 10.1. The Morgan fingerprint density at radius 1 is 1.14 bits per heavy atom. The van der Waals surface area contributed by atoms with Crippen molar-refractivity contribution in [1.29, 1.82) is 0 Å². The van der Waals surface area contributed by atoms with Gasteiger partial charge in [0.2, 0.25) is 0 Å². The number of carbonyl (C=O) groups is 1. The number of ether oxygens (including phenoxy) is 1. The molecule has 0 unspecified atom stereocenters. The number of hydrogen-bond acceptors (Lipinski definition) is 2. The van der Waals surface area contributed by atoms with Gasteiger partial charge in [0.25, 0.3) is 5.91 Å². The number of amides is 1. The Labute approximate surface area is 123 Å². The summed E-state index contributed by atoms with van der Waals surface area (Å²) in [5.41, 5.74) is 1.65. The molecule has 0 heterocycles. The summed E-state index contributed by atoms with van der Waals surface area (Å²) in [6.45, 7) is 4.44. The van der Waals surface area contributed by atoms with Crippen LogP contribution in [0.4, 0.5) is 10.1 Å². The predicted octanol–water partition coefficient (Wildman–Crippen LogP) is 4.00. The fourth-order valence-corrected chi connectivity index (χ4v) is 1.77. The van der Waals surface area contributed by atoms with Crippen molar-refractivity contribution in [3.8, 4) is 0 Å². The van der Waals surface area contributed by atoms with E-state index in [0.29, 0.717) is 12.2 Å². The van der Waals surface area contributed by atoms with E-state index in [1.807, 2.05) is 26.0 Å². The molecule has 0 saturated heterocycles. The number of para-hydroxylation sites is 1. The summed E-state index contributed by atoms with van der Waals surface area (Å²) in [5.74, 6) is -0.788. The van der Waals surface area contributed by atoms with Crippen LogP contribution in [0.25, 0.3) is 0 Å². The van der Waals surface area contributed by atoms with E-state index < -0.39 is 5.82 Å². The minimum atomic E-state index is -0.451. The molecule has 0 atom stereocenters. The molecule has 0 aliphatic carbocycles. The first kappa shape index (κ1) is 15.2. The van der Waals surface area contributed by atoms with E-state index in [4.69, 9.17) is 4.74 Å². The zero-order valence-corrected chi connectivity index (χ0v) is 12.1. The van der Waals surface area contributed by atoms with Gasteiger partial charge in [0, 0.05) is 5.56 Å². The lowest BCUT2D eigenvalue weighted by molar-refractivity contribution is 0.0657. The lowest BCUT2D eigenvalue weighted by Gasteiger charge is -2.09. The fraction of sp³-hybridized carbons (Fsp3) is 0.235. The molecule has 0 radical (unpaired) electrons. The smallest absolute Gasteiger partial charge is 0.255 e. The molecule has 2 rings (SSSR count). The van der Waals surface area contributed by atoms with E-state index in [2.05, 4.69) is 5.32 Å². The van der Waals surface area contributed by atoms with Crippen molar-refractivity contribution in [2.75, 3.05) is 5.32 Å². The molecule has 1 N–H and O–H groups in total. The molecule has 3 nitrogen and oxygen atoms in total. The zero-order valence-electron chi connectivity index (χ0n) is 12.1.